The van der Waals surface area contributed by atoms with Gasteiger partial charge < -0.3 is 10.1 Å². The molecule has 0 fully saturated rings. The molecule has 1 N–H and O–H groups in total. The topological polar surface area (TPSA) is 21.3 Å². The van der Waals surface area contributed by atoms with E-state index < -0.39 is 0 Å². The predicted molar refractivity (Wildman–Crippen MR) is 62.6 cm³/mol. The Bertz CT molecular complexity index is 210. The van der Waals surface area contributed by atoms with Crippen LogP contribution in [0.5, 0.6) is 5.75 Å². The lowest BCUT2D eigenvalue weighted by Gasteiger charge is -2.03. The van der Waals surface area contributed by atoms with Gasteiger partial charge in [-0.05, 0) is 31.2 Å². The summed E-state index contributed by atoms with van der Waals surface area (Å²) in [5.41, 5.74) is 1.13. The lowest BCUT2D eigenvalue weighted by molar-refractivity contribution is 0.415. The number of hydrogen-bond acceptors (Lipinski definition) is 2. The maximum atomic E-state index is 5.02. The average Bonchev–Trinajstić information content (AvgIpc) is 2.07. The van der Waals surface area contributed by atoms with Crippen molar-refractivity contribution < 1.29 is 4.74 Å². The molecule has 12 heavy (non-hydrogen) atoms. The molecule has 0 heterocycles. The fourth-order valence-corrected chi connectivity index (χ4v) is 0.913. The number of hydrogen-bond donors (Lipinski definition) is 1. The van der Waals surface area contributed by atoms with Crippen LogP contribution in [0.2, 0.25) is 0 Å². The summed E-state index contributed by atoms with van der Waals surface area (Å²) in [7, 11) is 1.67. The molecule has 68 valence electrons. The van der Waals surface area contributed by atoms with Crippen molar-refractivity contribution in [2.24, 2.45) is 0 Å². The SMILES string of the molecule is CCNc1ccc(OC)cc1.I. The average molecular weight is 279 g/mol. The zero-order valence-electron chi connectivity index (χ0n) is 7.33. The molecule has 0 aliphatic carbocycles. The van der Waals surface area contributed by atoms with E-state index in [9.17, 15) is 0 Å². The fourth-order valence-electron chi connectivity index (χ4n) is 0.913. The Kier molecular flexibility index (Phi) is 5.88. The highest BCUT2D eigenvalue weighted by Gasteiger charge is 1.89. The Balaban J connectivity index is 0.00000121. The maximum Gasteiger partial charge on any atom is 0.119 e. The number of methoxy groups -OCH3 is 1. The van der Waals surface area contributed by atoms with Crippen LogP contribution in [0.3, 0.4) is 0 Å². The Morgan fingerprint density at radius 2 is 1.83 bits per heavy atom. The first-order valence-corrected chi connectivity index (χ1v) is 3.74. The first kappa shape index (κ1) is 11.6. The van der Waals surface area contributed by atoms with Gasteiger partial charge in [0.2, 0.25) is 0 Å². The molecule has 1 aromatic rings. The van der Waals surface area contributed by atoms with Crippen LogP contribution in [0, 0.1) is 0 Å². The second-order valence-corrected chi connectivity index (χ2v) is 2.26. The lowest BCUT2D eigenvalue weighted by atomic mass is 10.3. The van der Waals surface area contributed by atoms with E-state index in [0.717, 1.165) is 18.0 Å². The van der Waals surface area contributed by atoms with Crippen molar-refractivity contribution in [3.63, 3.8) is 0 Å². The zero-order valence-corrected chi connectivity index (χ0v) is 9.66. The van der Waals surface area contributed by atoms with Gasteiger partial charge in [0.05, 0.1) is 7.11 Å². The van der Waals surface area contributed by atoms with Gasteiger partial charge in [-0.2, -0.15) is 0 Å². The maximum absolute atomic E-state index is 5.02. The monoisotopic (exact) mass is 279 g/mol. The smallest absolute Gasteiger partial charge is 0.119 e. The summed E-state index contributed by atoms with van der Waals surface area (Å²) in [5.74, 6) is 0.895. The summed E-state index contributed by atoms with van der Waals surface area (Å²) in [6.07, 6.45) is 0. The zero-order chi connectivity index (χ0) is 8.10. The van der Waals surface area contributed by atoms with Gasteiger partial charge in [-0.3, -0.25) is 0 Å². The molecule has 0 spiro atoms. The van der Waals surface area contributed by atoms with Gasteiger partial charge in [0.15, 0.2) is 0 Å². The van der Waals surface area contributed by atoms with Crippen molar-refractivity contribution in [2.75, 3.05) is 19.0 Å². The number of halogens is 1. The van der Waals surface area contributed by atoms with Crippen LogP contribution >= 0.6 is 24.0 Å². The molecule has 0 amide bonds. The Hall–Kier alpha value is -0.450. The number of benzene rings is 1. The highest BCUT2D eigenvalue weighted by Crippen LogP contribution is 2.14. The normalized spacial score (nSPS) is 8.50. The van der Waals surface area contributed by atoms with Gasteiger partial charge in [-0.25, -0.2) is 0 Å². The van der Waals surface area contributed by atoms with Crippen molar-refractivity contribution in [3.05, 3.63) is 24.3 Å². The molecular weight excluding hydrogens is 265 g/mol. The minimum atomic E-state index is 0. The molecule has 0 unspecified atom stereocenters. The third kappa shape index (κ3) is 3.30. The van der Waals surface area contributed by atoms with Gasteiger partial charge in [0.1, 0.15) is 5.75 Å². The molecule has 0 aliphatic heterocycles. The van der Waals surface area contributed by atoms with E-state index in [1.807, 2.05) is 24.3 Å². The molecule has 2 nitrogen and oxygen atoms in total. The van der Waals surface area contributed by atoms with E-state index in [0.29, 0.717) is 0 Å². The van der Waals surface area contributed by atoms with Gasteiger partial charge in [0.25, 0.3) is 0 Å². The second kappa shape index (κ2) is 6.11. The largest absolute Gasteiger partial charge is 0.497 e. The van der Waals surface area contributed by atoms with Crippen LogP contribution in [-0.2, 0) is 0 Å². The first-order chi connectivity index (χ1) is 5.36. The van der Waals surface area contributed by atoms with Crippen molar-refractivity contribution in [1.29, 1.82) is 0 Å². The number of rotatable bonds is 3. The van der Waals surface area contributed by atoms with Crippen molar-refractivity contribution in [3.8, 4) is 5.75 Å². The summed E-state index contributed by atoms with van der Waals surface area (Å²) in [6, 6.07) is 7.89. The van der Waals surface area contributed by atoms with Crippen LogP contribution in [0.25, 0.3) is 0 Å². The standard InChI is InChI=1S/C9H13NO.HI/c1-3-10-8-4-6-9(11-2)7-5-8;/h4-7,10H,3H2,1-2H3;1H. The summed E-state index contributed by atoms with van der Waals surface area (Å²) >= 11 is 0. The predicted octanol–water partition coefficient (Wildman–Crippen LogP) is 2.75. The highest BCUT2D eigenvalue weighted by molar-refractivity contribution is 14.0. The molecule has 0 bridgehead atoms. The van der Waals surface area contributed by atoms with Crippen molar-refractivity contribution in [2.45, 2.75) is 6.92 Å². The number of nitrogens with one attached hydrogen (secondary N) is 1. The van der Waals surface area contributed by atoms with Crippen LogP contribution in [0.15, 0.2) is 24.3 Å². The molecule has 0 aromatic heterocycles. The van der Waals surface area contributed by atoms with Gasteiger partial charge in [-0.1, -0.05) is 0 Å². The minimum absolute atomic E-state index is 0. The Labute approximate surface area is 90.3 Å². The molecule has 0 atom stereocenters. The highest BCUT2D eigenvalue weighted by atomic mass is 127. The van der Waals surface area contributed by atoms with Gasteiger partial charge >= 0.3 is 0 Å². The fraction of sp³-hybridized carbons (Fsp3) is 0.333. The van der Waals surface area contributed by atoms with Gasteiger partial charge in [-0.15, -0.1) is 24.0 Å². The van der Waals surface area contributed by atoms with Crippen LogP contribution in [0.4, 0.5) is 5.69 Å². The number of anilines is 1. The van der Waals surface area contributed by atoms with E-state index in [4.69, 9.17) is 4.74 Å². The molecule has 0 saturated carbocycles. The second-order valence-electron chi connectivity index (χ2n) is 2.26. The number of ether oxygens (including phenoxy) is 1. The lowest BCUT2D eigenvalue weighted by Crippen LogP contribution is -1.95. The van der Waals surface area contributed by atoms with Crippen LogP contribution in [0.1, 0.15) is 6.92 Å². The molecule has 1 aromatic carbocycles. The van der Waals surface area contributed by atoms with Crippen LogP contribution < -0.4 is 10.1 Å². The molecule has 1 rings (SSSR count). The summed E-state index contributed by atoms with van der Waals surface area (Å²) in [6.45, 7) is 3.02. The van der Waals surface area contributed by atoms with Crippen LogP contribution in [-0.4, -0.2) is 13.7 Å². The van der Waals surface area contributed by atoms with Crippen molar-refractivity contribution >= 4 is 29.7 Å². The quantitative estimate of drug-likeness (QED) is 0.859. The van der Waals surface area contributed by atoms with E-state index in [1.165, 1.54) is 0 Å². The summed E-state index contributed by atoms with van der Waals surface area (Å²) in [5, 5.41) is 3.20. The third-order valence-corrected chi connectivity index (χ3v) is 1.47. The van der Waals surface area contributed by atoms with E-state index in [2.05, 4.69) is 12.2 Å². The molecule has 0 aliphatic rings. The van der Waals surface area contributed by atoms with Gasteiger partial charge in [0, 0.05) is 12.2 Å². The third-order valence-electron chi connectivity index (χ3n) is 1.47. The minimum Gasteiger partial charge on any atom is -0.497 e. The molecular formula is C9H14INO. The molecule has 3 heteroatoms. The summed E-state index contributed by atoms with van der Waals surface area (Å²) < 4.78 is 5.02. The van der Waals surface area contributed by atoms with E-state index in [1.54, 1.807) is 7.11 Å². The van der Waals surface area contributed by atoms with Crippen molar-refractivity contribution in [1.82, 2.24) is 0 Å². The van der Waals surface area contributed by atoms with E-state index >= 15 is 0 Å². The van der Waals surface area contributed by atoms with E-state index in [-0.39, 0.29) is 24.0 Å². The Morgan fingerprint density at radius 3 is 2.25 bits per heavy atom. The molecule has 0 radical (unpaired) electrons. The summed E-state index contributed by atoms with van der Waals surface area (Å²) in [4.78, 5) is 0. The Morgan fingerprint density at radius 1 is 1.25 bits per heavy atom. The first-order valence-electron chi connectivity index (χ1n) is 3.74. The molecule has 0 saturated heterocycles.